The van der Waals surface area contributed by atoms with Gasteiger partial charge in [0.25, 0.3) is 0 Å². The zero-order chi connectivity index (χ0) is 21.5. The fourth-order valence-corrected chi connectivity index (χ4v) is 7.46. The maximum absolute atomic E-state index is 13.7. The summed E-state index contributed by atoms with van der Waals surface area (Å²) in [6, 6.07) is 0. The highest BCUT2D eigenvalue weighted by Gasteiger charge is 2.58. The van der Waals surface area contributed by atoms with Gasteiger partial charge in [0.05, 0.1) is 23.5 Å². The second-order valence-corrected chi connectivity index (χ2v) is 10.9. The third kappa shape index (κ3) is 3.62. The van der Waals surface area contributed by atoms with Gasteiger partial charge in [-0.05, 0) is 69.4 Å². The van der Waals surface area contributed by atoms with Gasteiger partial charge < -0.3 is 10.2 Å². The molecule has 4 aliphatic carbocycles. The van der Waals surface area contributed by atoms with Crippen molar-refractivity contribution in [3.8, 4) is 0 Å². The van der Waals surface area contributed by atoms with Gasteiger partial charge in [-0.15, -0.1) is 0 Å². The number of hydrogen-bond acceptors (Lipinski definition) is 5. The van der Waals surface area contributed by atoms with Gasteiger partial charge >= 0.3 is 0 Å². The summed E-state index contributed by atoms with van der Waals surface area (Å²) in [5.41, 5.74) is 0.657. The fraction of sp³-hybridized carbons (Fsp3) is 0.760. The molecule has 32 heavy (non-hydrogen) atoms. The molecule has 1 aliphatic heterocycles. The predicted molar refractivity (Wildman–Crippen MR) is 124 cm³/mol. The van der Waals surface area contributed by atoms with Gasteiger partial charge in [-0.25, -0.2) is 14.6 Å². The minimum atomic E-state index is -0.171. The van der Waals surface area contributed by atoms with Crippen molar-refractivity contribution in [3.05, 3.63) is 12.5 Å². The second kappa shape index (κ2) is 8.40. The summed E-state index contributed by atoms with van der Waals surface area (Å²) >= 11 is 0. The highest BCUT2D eigenvalue weighted by Crippen LogP contribution is 2.62. The molecule has 172 valence electrons. The molecule has 0 aromatic carbocycles. The molecule has 2 atom stereocenters. The minimum absolute atomic E-state index is 0.171. The Balaban J connectivity index is 1.19. The summed E-state index contributed by atoms with van der Waals surface area (Å²) in [7, 11) is 0. The number of amides is 1. The molecule has 5 aliphatic rings. The van der Waals surface area contributed by atoms with Gasteiger partial charge in [-0.1, -0.05) is 32.1 Å². The molecule has 3 heterocycles. The van der Waals surface area contributed by atoms with E-state index in [9.17, 15) is 4.79 Å². The number of nitrogens with zero attached hydrogens (tertiary/aromatic N) is 5. The van der Waals surface area contributed by atoms with Gasteiger partial charge in [0.2, 0.25) is 5.91 Å². The second-order valence-electron chi connectivity index (χ2n) is 10.9. The lowest BCUT2D eigenvalue weighted by Gasteiger charge is -2.29. The number of rotatable bonds is 5. The van der Waals surface area contributed by atoms with Crippen molar-refractivity contribution in [1.82, 2.24) is 24.6 Å². The van der Waals surface area contributed by atoms with Crippen LogP contribution in [0.25, 0.3) is 11.0 Å². The van der Waals surface area contributed by atoms with Crippen LogP contribution in [0.3, 0.4) is 0 Å². The smallest absolute Gasteiger partial charge is 0.232 e. The van der Waals surface area contributed by atoms with Gasteiger partial charge in [0, 0.05) is 6.54 Å². The van der Waals surface area contributed by atoms with Crippen LogP contribution in [-0.2, 0) is 11.3 Å². The zero-order valence-electron chi connectivity index (χ0n) is 19.1. The van der Waals surface area contributed by atoms with Crippen molar-refractivity contribution < 1.29 is 4.79 Å². The number of likely N-dealkylation sites (tertiary alicyclic amines) is 1. The Morgan fingerprint density at radius 1 is 1.00 bits per heavy atom. The van der Waals surface area contributed by atoms with E-state index in [1.807, 2.05) is 10.9 Å². The summed E-state index contributed by atoms with van der Waals surface area (Å²) in [6.07, 6.45) is 17.3. The first-order chi connectivity index (χ1) is 15.7. The number of carbonyl (C=O) groups excluding carboxylic acids is 1. The van der Waals surface area contributed by atoms with Crippen molar-refractivity contribution >= 4 is 22.8 Å². The molecule has 0 spiro atoms. The van der Waals surface area contributed by atoms with E-state index in [2.05, 4.69) is 25.3 Å². The van der Waals surface area contributed by atoms with E-state index in [4.69, 9.17) is 0 Å². The lowest BCUT2D eigenvalue weighted by molar-refractivity contribution is -0.127. The number of carbonyl (C=O) groups is 1. The topological polar surface area (TPSA) is 75.9 Å². The van der Waals surface area contributed by atoms with Gasteiger partial charge in [-0.3, -0.25) is 4.79 Å². The van der Waals surface area contributed by atoms with Crippen LogP contribution in [0.5, 0.6) is 0 Å². The zero-order valence-corrected chi connectivity index (χ0v) is 19.1. The molecular weight excluding hydrogens is 400 g/mol. The molecule has 4 bridgehead atoms. The number of aromatic nitrogens is 4. The van der Waals surface area contributed by atoms with E-state index in [0.717, 1.165) is 48.8 Å². The minimum Gasteiger partial charge on any atom is -0.309 e. The Morgan fingerprint density at radius 2 is 1.75 bits per heavy atom. The Labute approximate surface area is 190 Å². The molecule has 1 N–H and O–H groups in total. The maximum atomic E-state index is 13.7. The van der Waals surface area contributed by atoms with Crippen LogP contribution in [0.1, 0.15) is 70.6 Å². The summed E-state index contributed by atoms with van der Waals surface area (Å²) in [4.78, 5) is 25.2. The summed E-state index contributed by atoms with van der Waals surface area (Å²) in [6.45, 7) is 4.18. The quantitative estimate of drug-likeness (QED) is 0.758. The highest BCUT2D eigenvalue weighted by molar-refractivity contribution is 6.01. The van der Waals surface area contributed by atoms with E-state index in [-0.39, 0.29) is 11.3 Å². The maximum Gasteiger partial charge on any atom is 0.232 e. The molecule has 1 amide bonds. The van der Waals surface area contributed by atoms with Crippen LogP contribution < -0.4 is 5.32 Å². The molecule has 4 saturated carbocycles. The molecule has 1 saturated heterocycles. The SMILES string of the molecule is O=C(Nc1ncnc2c1cnn2CCN1CCCCCC1)C12CC3CCCC(CC1C3)C2. The van der Waals surface area contributed by atoms with Gasteiger partial charge in [-0.2, -0.15) is 5.10 Å². The third-order valence-electron chi connectivity index (χ3n) is 8.99. The first-order valence-electron chi connectivity index (χ1n) is 12.9. The monoisotopic (exact) mass is 436 g/mol. The Kier molecular flexibility index (Phi) is 5.40. The third-order valence-corrected chi connectivity index (χ3v) is 8.99. The molecule has 2 aromatic rings. The summed E-state index contributed by atoms with van der Waals surface area (Å²) < 4.78 is 1.98. The first kappa shape index (κ1) is 20.6. The predicted octanol–water partition coefficient (Wildman–Crippen LogP) is 4.25. The average Bonchev–Trinajstić information content (AvgIpc) is 3.38. The highest BCUT2D eigenvalue weighted by atomic mass is 16.2. The number of fused-ring (bicyclic) bond motifs is 3. The molecule has 7 nitrogen and oxygen atoms in total. The Morgan fingerprint density at radius 3 is 2.50 bits per heavy atom. The Hall–Kier alpha value is -2.02. The standard InChI is InChI=1S/C25H36N6O/c32-24(25-14-18-6-5-7-19(15-25)13-20(25)12-18)29-22-21-16-28-31(23(21)27-17-26-22)11-10-30-8-3-1-2-4-9-30/h16-20H,1-15H2,(H,26,27,29,32). The van der Waals surface area contributed by atoms with Crippen LogP contribution >= 0.6 is 0 Å². The van der Waals surface area contributed by atoms with E-state index < -0.39 is 0 Å². The van der Waals surface area contributed by atoms with Gasteiger partial charge in [0.1, 0.15) is 12.1 Å². The molecule has 0 radical (unpaired) electrons. The average molecular weight is 437 g/mol. The normalized spacial score (nSPS) is 32.7. The number of nitrogens with one attached hydrogen (secondary N) is 1. The fourth-order valence-electron chi connectivity index (χ4n) is 7.46. The van der Waals surface area contributed by atoms with Crippen molar-refractivity contribution in [1.29, 1.82) is 0 Å². The van der Waals surface area contributed by atoms with Crippen LogP contribution in [-0.4, -0.2) is 50.2 Å². The molecule has 2 aromatic heterocycles. The van der Waals surface area contributed by atoms with Crippen LogP contribution in [0, 0.1) is 23.2 Å². The summed E-state index contributed by atoms with van der Waals surface area (Å²) in [5, 5.41) is 8.73. The van der Waals surface area contributed by atoms with Gasteiger partial charge in [0.15, 0.2) is 5.65 Å². The van der Waals surface area contributed by atoms with Crippen molar-refractivity contribution in [3.63, 3.8) is 0 Å². The molecule has 7 heteroatoms. The van der Waals surface area contributed by atoms with Crippen LogP contribution in [0.2, 0.25) is 0 Å². The molecular formula is C25H36N6O. The molecule has 2 unspecified atom stereocenters. The van der Waals surface area contributed by atoms with Crippen molar-refractivity contribution in [2.24, 2.45) is 23.2 Å². The largest absolute Gasteiger partial charge is 0.309 e. The molecule has 5 fully saturated rings. The van der Waals surface area contributed by atoms with E-state index >= 15 is 0 Å². The lowest BCUT2D eigenvalue weighted by Crippen LogP contribution is -2.37. The van der Waals surface area contributed by atoms with Crippen LogP contribution in [0.15, 0.2) is 12.5 Å². The van der Waals surface area contributed by atoms with E-state index in [0.29, 0.717) is 11.7 Å². The molecule has 7 rings (SSSR count). The number of anilines is 1. The van der Waals surface area contributed by atoms with Crippen molar-refractivity contribution in [2.75, 3.05) is 25.0 Å². The van der Waals surface area contributed by atoms with Crippen LogP contribution in [0.4, 0.5) is 5.82 Å². The van der Waals surface area contributed by atoms with E-state index in [1.165, 1.54) is 70.9 Å². The van der Waals surface area contributed by atoms with Crippen molar-refractivity contribution in [2.45, 2.75) is 77.2 Å². The first-order valence-corrected chi connectivity index (χ1v) is 12.9. The Bertz CT molecular complexity index is 962. The number of hydrogen-bond donors (Lipinski definition) is 1. The summed E-state index contributed by atoms with van der Waals surface area (Å²) in [5.74, 6) is 2.87. The lowest BCUT2D eigenvalue weighted by atomic mass is 9.77. The van der Waals surface area contributed by atoms with E-state index in [1.54, 1.807) is 6.33 Å².